The highest BCUT2D eigenvalue weighted by Gasteiger charge is 2.15. The minimum atomic E-state index is -0.194. The molecule has 0 aromatic heterocycles. The van der Waals surface area contributed by atoms with Crippen molar-refractivity contribution in [1.82, 2.24) is 5.32 Å². The summed E-state index contributed by atoms with van der Waals surface area (Å²) in [7, 11) is 0. The standard InChI is InChI=1S/C23H23NO3/c25-21-13-7-10-19(14-21)15-22(20-11-5-2-6-12-20)24-23(26)17-27-16-18-8-3-1-4-9-18/h1-14,22,25H,15-17H2,(H,24,26)/t22-/m0/s1. The molecule has 27 heavy (non-hydrogen) atoms. The number of phenolic OH excluding ortho intramolecular Hbond substituents is 1. The highest BCUT2D eigenvalue weighted by molar-refractivity contribution is 5.77. The molecule has 2 N–H and O–H groups in total. The van der Waals surface area contributed by atoms with Gasteiger partial charge in [-0.25, -0.2) is 0 Å². The molecule has 1 atom stereocenters. The Hall–Kier alpha value is -3.11. The number of benzene rings is 3. The molecule has 0 saturated heterocycles. The van der Waals surface area contributed by atoms with E-state index in [1.54, 1.807) is 18.2 Å². The fourth-order valence-corrected chi connectivity index (χ4v) is 2.93. The van der Waals surface area contributed by atoms with E-state index in [2.05, 4.69) is 5.32 Å². The zero-order valence-electron chi connectivity index (χ0n) is 15.0. The van der Waals surface area contributed by atoms with Crippen LogP contribution in [0.15, 0.2) is 84.9 Å². The van der Waals surface area contributed by atoms with Crippen LogP contribution in [-0.4, -0.2) is 17.6 Å². The van der Waals surface area contributed by atoms with Gasteiger partial charge in [-0.3, -0.25) is 4.79 Å². The monoisotopic (exact) mass is 361 g/mol. The molecule has 0 radical (unpaired) electrons. The summed E-state index contributed by atoms with van der Waals surface area (Å²) in [6.45, 7) is 0.398. The van der Waals surface area contributed by atoms with Crippen LogP contribution in [0.5, 0.6) is 5.75 Å². The van der Waals surface area contributed by atoms with Crippen molar-refractivity contribution in [3.63, 3.8) is 0 Å². The summed E-state index contributed by atoms with van der Waals surface area (Å²) in [5.74, 6) is 0.0526. The van der Waals surface area contributed by atoms with Crippen molar-refractivity contribution in [2.45, 2.75) is 19.1 Å². The number of carbonyl (C=O) groups excluding carboxylic acids is 1. The van der Waals surface area contributed by atoms with Gasteiger partial charge in [0.1, 0.15) is 12.4 Å². The van der Waals surface area contributed by atoms with E-state index in [1.165, 1.54) is 0 Å². The molecule has 0 aliphatic rings. The van der Waals surface area contributed by atoms with Gasteiger partial charge in [-0.2, -0.15) is 0 Å². The zero-order chi connectivity index (χ0) is 18.9. The first-order valence-electron chi connectivity index (χ1n) is 8.94. The first-order valence-corrected chi connectivity index (χ1v) is 8.94. The van der Waals surface area contributed by atoms with Gasteiger partial charge in [0.15, 0.2) is 0 Å². The van der Waals surface area contributed by atoms with Crippen molar-refractivity contribution >= 4 is 5.91 Å². The second kappa shape index (κ2) is 9.55. The molecular weight excluding hydrogens is 338 g/mol. The second-order valence-electron chi connectivity index (χ2n) is 6.38. The molecule has 4 nitrogen and oxygen atoms in total. The van der Waals surface area contributed by atoms with Gasteiger partial charge < -0.3 is 15.2 Å². The van der Waals surface area contributed by atoms with Crippen LogP contribution in [0.4, 0.5) is 0 Å². The van der Waals surface area contributed by atoms with Crippen LogP contribution in [0.2, 0.25) is 0 Å². The Morgan fingerprint density at radius 1 is 0.889 bits per heavy atom. The van der Waals surface area contributed by atoms with Crippen LogP contribution in [0.1, 0.15) is 22.7 Å². The van der Waals surface area contributed by atoms with Crippen LogP contribution in [0.3, 0.4) is 0 Å². The number of rotatable bonds is 8. The van der Waals surface area contributed by atoms with E-state index in [1.807, 2.05) is 66.7 Å². The lowest BCUT2D eigenvalue weighted by Crippen LogP contribution is -2.32. The van der Waals surface area contributed by atoms with E-state index < -0.39 is 0 Å². The van der Waals surface area contributed by atoms with Gasteiger partial charge in [-0.05, 0) is 35.2 Å². The minimum Gasteiger partial charge on any atom is -0.508 e. The van der Waals surface area contributed by atoms with Gasteiger partial charge in [-0.15, -0.1) is 0 Å². The summed E-state index contributed by atoms with van der Waals surface area (Å²) in [5, 5.41) is 12.7. The molecular formula is C23H23NO3. The highest BCUT2D eigenvalue weighted by Crippen LogP contribution is 2.20. The first kappa shape index (κ1) is 18.7. The first-order chi connectivity index (χ1) is 13.2. The van der Waals surface area contributed by atoms with Crippen molar-refractivity contribution in [3.05, 3.63) is 102 Å². The van der Waals surface area contributed by atoms with Crippen LogP contribution in [-0.2, 0) is 22.6 Å². The van der Waals surface area contributed by atoms with Crippen molar-refractivity contribution in [2.24, 2.45) is 0 Å². The maximum Gasteiger partial charge on any atom is 0.246 e. The zero-order valence-corrected chi connectivity index (χ0v) is 15.0. The van der Waals surface area contributed by atoms with E-state index in [0.29, 0.717) is 13.0 Å². The predicted octanol–water partition coefficient (Wildman–Crippen LogP) is 4.01. The van der Waals surface area contributed by atoms with Crippen LogP contribution in [0, 0.1) is 0 Å². The summed E-state index contributed by atoms with van der Waals surface area (Å²) >= 11 is 0. The highest BCUT2D eigenvalue weighted by atomic mass is 16.5. The van der Waals surface area contributed by atoms with Crippen molar-refractivity contribution in [2.75, 3.05) is 6.61 Å². The number of ether oxygens (including phenoxy) is 1. The molecule has 3 aromatic carbocycles. The summed E-state index contributed by atoms with van der Waals surface area (Å²) in [6, 6.07) is 26.5. The molecule has 0 aliphatic heterocycles. The Labute approximate surface area is 159 Å². The molecule has 138 valence electrons. The Morgan fingerprint density at radius 2 is 1.56 bits per heavy atom. The predicted molar refractivity (Wildman–Crippen MR) is 105 cm³/mol. The van der Waals surface area contributed by atoms with Gasteiger partial charge in [0.05, 0.1) is 12.6 Å². The third-order valence-electron chi connectivity index (χ3n) is 4.23. The van der Waals surface area contributed by atoms with Gasteiger partial charge in [-0.1, -0.05) is 72.8 Å². The van der Waals surface area contributed by atoms with Crippen LogP contribution in [0.25, 0.3) is 0 Å². The molecule has 0 heterocycles. The molecule has 1 amide bonds. The normalized spacial score (nSPS) is 11.7. The van der Waals surface area contributed by atoms with Crippen LogP contribution < -0.4 is 5.32 Å². The van der Waals surface area contributed by atoms with Gasteiger partial charge in [0.25, 0.3) is 0 Å². The Bertz CT molecular complexity index is 850. The summed E-state index contributed by atoms with van der Waals surface area (Å²) in [6.07, 6.45) is 0.586. The lowest BCUT2D eigenvalue weighted by atomic mass is 9.98. The fraction of sp³-hybridized carbons (Fsp3) is 0.174. The Balaban J connectivity index is 1.61. The molecule has 0 fully saturated rings. The molecule has 4 heteroatoms. The third kappa shape index (κ3) is 5.97. The molecule has 0 unspecified atom stereocenters. The molecule has 0 aliphatic carbocycles. The Kier molecular flexibility index (Phi) is 6.61. The van der Waals surface area contributed by atoms with E-state index >= 15 is 0 Å². The number of aromatic hydroxyl groups is 1. The number of amides is 1. The fourth-order valence-electron chi connectivity index (χ4n) is 2.93. The van der Waals surface area contributed by atoms with E-state index in [4.69, 9.17) is 4.74 Å². The summed E-state index contributed by atoms with van der Waals surface area (Å²) in [4.78, 5) is 12.4. The van der Waals surface area contributed by atoms with Crippen molar-refractivity contribution in [1.29, 1.82) is 0 Å². The number of phenols is 1. The quantitative estimate of drug-likeness (QED) is 0.637. The lowest BCUT2D eigenvalue weighted by Gasteiger charge is -2.20. The lowest BCUT2D eigenvalue weighted by molar-refractivity contribution is -0.126. The average Bonchev–Trinajstić information content (AvgIpc) is 2.69. The van der Waals surface area contributed by atoms with Gasteiger partial charge in [0, 0.05) is 0 Å². The summed E-state index contributed by atoms with van der Waals surface area (Å²) < 4.78 is 5.54. The molecule has 0 saturated carbocycles. The number of hydrogen-bond acceptors (Lipinski definition) is 3. The van der Waals surface area contributed by atoms with E-state index in [0.717, 1.165) is 16.7 Å². The maximum atomic E-state index is 12.4. The molecule has 0 bridgehead atoms. The molecule has 3 aromatic rings. The third-order valence-corrected chi connectivity index (χ3v) is 4.23. The van der Waals surface area contributed by atoms with Crippen molar-refractivity contribution < 1.29 is 14.6 Å². The van der Waals surface area contributed by atoms with Gasteiger partial charge >= 0.3 is 0 Å². The summed E-state index contributed by atoms with van der Waals surface area (Å²) in [5.41, 5.74) is 3.00. The SMILES string of the molecule is O=C(COCc1ccccc1)N[C@@H](Cc1cccc(O)c1)c1ccccc1. The minimum absolute atomic E-state index is 0.00172. The largest absolute Gasteiger partial charge is 0.508 e. The molecule has 0 spiro atoms. The topological polar surface area (TPSA) is 58.6 Å². The Morgan fingerprint density at radius 3 is 2.26 bits per heavy atom. The number of nitrogens with one attached hydrogen (secondary N) is 1. The average molecular weight is 361 g/mol. The number of hydrogen-bond donors (Lipinski definition) is 2. The number of carbonyl (C=O) groups is 1. The second-order valence-corrected chi connectivity index (χ2v) is 6.38. The van der Waals surface area contributed by atoms with E-state index in [-0.39, 0.29) is 24.3 Å². The van der Waals surface area contributed by atoms with Crippen molar-refractivity contribution in [3.8, 4) is 5.75 Å². The smallest absolute Gasteiger partial charge is 0.246 e. The maximum absolute atomic E-state index is 12.4. The van der Waals surface area contributed by atoms with Gasteiger partial charge in [0.2, 0.25) is 5.91 Å². The van der Waals surface area contributed by atoms with Crippen LogP contribution >= 0.6 is 0 Å². The molecule has 3 rings (SSSR count). The van der Waals surface area contributed by atoms with E-state index in [9.17, 15) is 9.90 Å².